The van der Waals surface area contributed by atoms with Crippen molar-refractivity contribution in [3.63, 3.8) is 0 Å². The first kappa shape index (κ1) is 15.5. The standard InChI is InChI=1S/C17H27NO2/c1-3-11-18-16(14-9-12-20-13-10-14)17(19-2)15-7-5-4-6-8-15/h4-8,14,16-18H,3,9-13H2,1-2H3. The Kier molecular flexibility index (Phi) is 6.51. The van der Waals surface area contributed by atoms with Gasteiger partial charge in [-0.15, -0.1) is 0 Å². The minimum atomic E-state index is 0.117. The van der Waals surface area contributed by atoms with Crippen LogP contribution in [-0.4, -0.2) is 32.9 Å². The normalized spacial score (nSPS) is 19.7. The molecular weight excluding hydrogens is 250 g/mol. The highest BCUT2D eigenvalue weighted by Gasteiger charge is 2.31. The van der Waals surface area contributed by atoms with Gasteiger partial charge in [-0.2, -0.15) is 0 Å². The molecule has 2 unspecified atom stereocenters. The van der Waals surface area contributed by atoms with Crippen molar-refractivity contribution < 1.29 is 9.47 Å². The number of benzene rings is 1. The summed E-state index contributed by atoms with van der Waals surface area (Å²) in [6.45, 7) is 4.99. The first-order valence-electron chi connectivity index (χ1n) is 7.75. The second kappa shape index (κ2) is 8.40. The zero-order valence-electron chi connectivity index (χ0n) is 12.7. The van der Waals surface area contributed by atoms with Crippen molar-refractivity contribution in [3.8, 4) is 0 Å². The van der Waals surface area contributed by atoms with Gasteiger partial charge in [0.15, 0.2) is 0 Å². The van der Waals surface area contributed by atoms with Crippen molar-refractivity contribution in [2.75, 3.05) is 26.9 Å². The van der Waals surface area contributed by atoms with Crippen molar-refractivity contribution in [2.24, 2.45) is 5.92 Å². The van der Waals surface area contributed by atoms with E-state index in [9.17, 15) is 0 Å². The molecule has 3 heteroatoms. The number of hydrogen-bond donors (Lipinski definition) is 1. The molecule has 0 amide bonds. The highest BCUT2D eigenvalue weighted by atomic mass is 16.5. The topological polar surface area (TPSA) is 30.5 Å². The van der Waals surface area contributed by atoms with Crippen LogP contribution >= 0.6 is 0 Å². The average Bonchev–Trinajstić information content (AvgIpc) is 2.53. The Morgan fingerprint density at radius 3 is 2.55 bits per heavy atom. The summed E-state index contributed by atoms with van der Waals surface area (Å²) in [6, 6.07) is 10.9. The molecule has 0 bridgehead atoms. The minimum absolute atomic E-state index is 0.117. The fourth-order valence-corrected chi connectivity index (χ4v) is 3.04. The third kappa shape index (κ3) is 4.05. The van der Waals surface area contributed by atoms with Gasteiger partial charge in [-0.05, 0) is 37.3 Å². The molecule has 1 aromatic rings. The quantitative estimate of drug-likeness (QED) is 0.830. The molecule has 2 rings (SSSR count). The molecule has 3 nitrogen and oxygen atoms in total. The molecule has 2 atom stereocenters. The van der Waals surface area contributed by atoms with Crippen LogP contribution in [-0.2, 0) is 9.47 Å². The van der Waals surface area contributed by atoms with E-state index < -0.39 is 0 Å². The molecular formula is C17H27NO2. The number of nitrogens with one attached hydrogen (secondary N) is 1. The highest BCUT2D eigenvalue weighted by Crippen LogP contribution is 2.30. The smallest absolute Gasteiger partial charge is 0.0976 e. The van der Waals surface area contributed by atoms with Crippen LogP contribution < -0.4 is 5.32 Å². The van der Waals surface area contributed by atoms with E-state index in [1.54, 1.807) is 0 Å². The van der Waals surface area contributed by atoms with Crippen molar-refractivity contribution in [1.82, 2.24) is 5.32 Å². The van der Waals surface area contributed by atoms with E-state index in [0.29, 0.717) is 12.0 Å². The molecule has 1 aliphatic rings. The van der Waals surface area contributed by atoms with Crippen LogP contribution in [0, 0.1) is 5.92 Å². The zero-order chi connectivity index (χ0) is 14.2. The van der Waals surface area contributed by atoms with Crippen molar-refractivity contribution in [3.05, 3.63) is 35.9 Å². The molecule has 112 valence electrons. The summed E-state index contributed by atoms with van der Waals surface area (Å²) < 4.78 is 11.4. The van der Waals surface area contributed by atoms with Crippen molar-refractivity contribution in [1.29, 1.82) is 0 Å². The largest absolute Gasteiger partial charge is 0.381 e. The van der Waals surface area contributed by atoms with Gasteiger partial charge in [0, 0.05) is 26.4 Å². The molecule has 0 radical (unpaired) electrons. The second-order valence-corrected chi connectivity index (χ2v) is 5.50. The van der Waals surface area contributed by atoms with Crippen LogP contribution in [0.1, 0.15) is 37.9 Å². The molecule has 1 N–H and O–H groups in total. The number of rotatable bonds is 7. The third-order valence-electron chi connectivity index (χ3n) is 4.11. The third-order valence-corrected chi connectivity index (χ3v) is 4.11. The summed E-state index contributed by atoms with van der Waals surface area (Å²) in [5.74, 6) is 0.625. The van der Waals surface area contributed by atoms with Gasteiger partial charge in [-0.3, -0.25) is 0 Å². The maximum atomic E-state index is 5.85. The Labute approximate surface area is 122 Å². The first-order chi connectivity index (χ1) is 9.86. The van der Waals surface area contributed by atoms with E-state index in [-0.39, 0.29) is 6.10 Å². The molecule has 1 aliphatic heterocycles. The van der Waals surface area contributed by atoms with E-state index in [0.717, 1.165) is 39.0 Å². The first-order valence-corrected chi connectivity index (χ1v) is 7.75. The Hall–Kier alpha value is -0.900. The molecule has 0 saturated carbocycles. The van der Waals surface area contributed by atoms with Gasteiger partial charge >= 0.3 is 0 Å². The van der Waals surface area contributed by atoms with Crippen molar-refractivity contribution in [2.45, 2.75) is 38.3 Å². The Bertz CT molecular complexity index is 363. The van der Waals surface area contributed by atoms with E-state index in [2.05, 4.69) is 42.6 Å². The van der Waals surface area contributed by atoms with Crippen LogP contribution in [0.5, 0.6) is 0 Å². The van der Waals surface area contributed by atoms with E-state index in [1.165, 1.54) is 5.56 Å². The maximum Gasteiger partial charge on any atom is 0.0976 e. The monoisotopic (exact) mass is 277 g/mol. The Morgan fingerprint density at radius 1 is 1.25 bits per heavy atom. The molecule has 1 aromatic carbocycles. The van der Waals surface area contributed by atoms with E-state index in [4.69, 9.17) is 9.47 Å². The lowest BCUT2D eigenvalue weighted by molar-refractivity contribution is 0.00248. The predicted octanol–water partition coefficient (Wildman–Crippen LogP) is 3.17. The summed E-state index contributed by atoms with van der Waals surface area (Å²) in [7, 11) is 1.82. The van der Waals surface area contributed by atoms with Gasteiger partial charge in [-0.25, -0.2) is 0 Å². The maximum absolute atomic E-state index is 5.85. The highest BCUT2D eigenvalue weighted by molar-refractivity contribution is 5.19. The summed E-state index contributed by atoms with van der Waals surface area (Å²) in [6.07, 6.45) is 3.50. The van der Waals surface area contributed by atoms with Crippen molar-refractivity contribution >= 4 is 0 Å². The number of hydrogen-bond acceptors (Lipinski definition) is 3. The Balaban J connectivity index is 2.14. The van der Waals surface area contributed by atoms with Crippen LogP contribution in [0.25, 0.3) is 0 Å². The summed E-state index contributed by atoms with van der Waals surface area (Å²) in [4.78, 5) is 0. The fourth-order valence-electron chi connectivity index (χ4n) is 3.04. The van der Waals surface area contributed by atoms with Gasteiger partial charge in [0.05, 0.1) is 6.10 Å². The van der Waals surface area contributed by atoms with Crippen LogP contribution in [0.4, 0.5) is 0 Å². The summed E-state index contributed by atoms with van der Waals surface area (Å²) >= 11 is 0. The van der Waals surface area contributed by atoms with Crippen LogP contribution in [0.15, 0.2) is 30.3 Å². The minimum Gasteiger partial charge on any atom is -0.381 e. The van der Waals surface area contributed by atoms with Crippen LogP contribution in [0.2, 0.25) is 0 Å². The lowest BCUT2D eigenvalue weighted by atomic mass is 9.85. The molecule has 1 saturated heterocycles. The number of ether oxygens (including phenoxy) is 2. The average molecular weight is 277 g/mol. The second-order valence-electron chi connectivity index (χ2n) is 5.50. The SMILES string of the molecule is CCCNC(C1CCOCC1)C(OC)c1ccccc1. The molecule has 1 fully saturated rings. The fraction of sp³-hybridized carbons (Fsp3) is 0.647. The van der Waals surface area contributed by atoms with Gasteiger partial charge in [0.1, 0.15) is 0 Å². The summed E-state index contributed by atoms with van der Waals surface area (Å²) in [5, 5.41) is 3.71. The zero-order valence-corrected chi connectivity index (χ0v) is 12.7. The van der Waals surface area contributed by atoms with Gasteiger partial charge in [0.25, 0.3) is 0 Å². The van der Waals surface area contributed by atoms with Crippen LogP contribution in [0.3, 0.4) is 0 Å². The lowest BCUT2D eigenvalue weighted by Crippen LogP contribution is -2.44. The van der Waals surface area contributed by atoms with Gasteiger partial charge < -0.3 is 14.8 Å². The van der Waals surface area contributed by atoms with Gasteiger partial charge in [-0.1, -0.05) is 37.3 Å². The molecule has 0 aliphatic carbocycles. The summed E-state index contributed by atoms with van der Waals surface area (Å²) in [5.41, 5.74) is 1.26. The van der Waals surface area contributed by atoms with E-state index in [1.807, 2.05) is 7.11 Å². The molecule has 1 heterocycles. The Morgan fingerprint density at radius 2 is 1.95 bits per heavy atom. The molecule has 20 heavy (non-hydrogen) atoms. The predicted molar refractivity (Wildman–Crippen MR) is 81.8 cm³/mol. The molecule has 0 aromatic heterocycles. The molecule has 0 spiro atoms. The van der Waals surface area contributed by atoms with Gasteiger partial charge in [0.2, 0.25) is 0 Å². The number of methoxy groups -OCH3 is 1. The van der Waals surface area contributed by atoms with E-state index >= 15 is 0 Å². The lowest BCUT2D eigenvalue weighted by Gasteiger charge is -2.36.